The Bertz CT molecular complexity index is 197. The smallest absolute Gasteiger partial charge is 0.234 e. The lowest BCUT2D eigenvalue weighted by atomic mass is 9.87. The van der Waals surface area contributed by atoms with Gasteiger partial charge in [0.2, 0.25) is 5.91 Å². The molecule has 2 fully saturated rings. The summed E-state index contributed by atoms with van der Waals surface area (Å²) in [7, 11) is 0. The second-order valence-electron chi connectivity index (χ2n) is 3.53. The van der Waals surface area contributed by atoms with Gasteiger partial charge in [-0.05, 0) is 19.3 Å². The number of fused-ring (bicyclic) bond motifs is 1. The third kappa shape index (κ3) is 1.31. The molecule has 0 radical (unpaired) electrons. The summed E-state index contributed by atoms with van der Waals surface area (Å²) in [6.07, 6.45) is 1.63. The van der Waals surface area contributed by atoms with Gasteiger partial charge in [0.05, 0.1) is 12.6 Å². The number of hydrogen-bond donors (Lipinski definition) is 2. The summed E-state index contributed by atoms with van der Waals surface area (Å²) in [5.41, 5.74) is 0. The first kappa shape index (κ1) is 7.98. The molecule has 2 rings (SSSR count). The van der Waals surface area contributed by atoms with Crippen molar-refractivity contribution >= 4 is 5.91 Å². The van der Waals surface area contributed by atoms with E-state index in [9.17, 15) is 9.18 Å². The Labute approximate surface area is 70.7 Å². The summed E-state index contributed by atoms with van der Waals surface area (Å²) in [4.78, 5) is 10.9. The lowest BCUT2D eigenvalue weighted by Crippen LogP contribution is -2.63. The lowest BCUT2D eigenvalue weighted by Gasteiger charge is -2.38. The van der Waals surface area contributed by atoms with Crippen molar-refractivity contribution in [2.75, 3.05) is 6.54 Å². The van der Waals surface area contributed by atoms with Gasteiger partial charge in [-0.25, -0.2) is 4.39 Å². The van der Waals surface area contributed by atoms with Gasteiger partial charge in [0.15, 0.2) is 0 Å². The topological polar surface area (TPSA) is 41.1 Å². The monoisotopic (exact) mass is 172 g/mol. The average molecular weight is 172 g/mol. The number of amides is 1. The molecule has 0 spiro atoms. The van der Waals surface area contributed by atoms with E-state index in [1.807, 2.05) is 0 Å². The van der Waals surface area contributed by atoms with E-state index in [-0.39, 0.29) is 18.0 Å². The Balaban J connectivity index is 2.05. The Morgan fingerprint density at radius 3 is 3.08 bits per heavy atom. The third-order valence-electron chi connectivity index (χ3n) is 2.67. The fourth-order valence-electron chi connectivity index (χ4n) is 2.02. The number of alkyl halides is 1. The summed E-state index contributed by atoms with van der Waals surface area (Å²) in [6.45, 7) is 0.341. The highest BCUT2D eigenvalue weighted by molar-refractivity contribution is 5.79. The highest BCUT2D eigenvalue weighted by Gasteiger charge is 2.37. The van der Waals surface area contributed by atoms with Crippen molar-refractivity contribution < 1.29 is 9.18 Å². The number of halogens is 1. The van der Waals surface area contributed by atoms with E-state index in [0.29, 0.717) is 13.0 Å². The van der Waals surface area contributed by atoms with Crippen LogP contribution in [0.4, 0.5) is 4.39 Å². The Hall–Kier alpha value is -0.640. The van der Waals surface area contributed by atoms with Crippen LogP contribution >= 0.6 is 0 Å². The molecule has 3 nitrogen and oxygen atoms in total. The van der Waals surface area contributed by atoms with E-state index in [4.69, 9.17) is 0 Å². The van der Waals surface area contributed by atoms with Crippen LogP contribution in [0.3, 0.4) is 0 Å². The maximum atomic E-state index is 13.2. The molecule has 0 bridgehead atoms. The van der Waals surface area contributed by atoms with E-state index < -0.39 is 6.17 Å². The zero-order valence-electron chi connectivity index (χ0n) is 6.85. The van der Waals surface area contributed by atoms with Crippen LogP contribution in [-0.4, -0.2) is 30.7 Å². The summed E-state index contributed by atoms with van der Waals surface area (Å²) in [5, 5.41) is 5.74. The Kier molecular flexibility index (Phi) is 2.00. The fraction of sp³-hybridized carbons (Fsp3) is 0.875. The second-order valence-corrected chi connectivity index (χ2v) is 3.53. The number of hydrogen-bond acceptors (Lipinski definition) is 2. The van der Waals surface area contributed by atoms with Gasteiger partial charge >= 0.3 is 0 Å². The highest BCUT2D eigenvalue weighted by atomic mass is 19.1. The molecule has 0 aromatic heterocycles. The van der Waals surface area contributed by atoms with Crippen LogP contribution in [-0.2, 0) is 4.79 Å². The van der Waals surface area contributed by atoms with Gasteiger partial charge in [0, 0.05) is 6.04 Å². The Morgan fingerprint density at radius 2 is 2.25 bits per heavy atom. The predicted molar refractivity (Wildman–Crippen MR) is 42.5 cm³/mol. The first-order valence-corrected chi connectivity index (χ1v) is 4.44. The van der Waals surface area contributed by atoms with Crippen LogP contribution in [0.2, 0.25) is 0 Å². The van der Waals surface area contributed by atoms with E-state index in [1.165, 1.54) is 0 Å². The SMILES string of the molecule is O=C1CNC2CCCC(F)C2N1. The molecule has 0 aromatic rings. The van der Waals surface area contributed by atoms with Crippen molar-refractivity contribution in [1.29, 1.82) is 0 Å². The van der Waals surface area contributed by atoms with Gasteiger partial charge in [-0.1, -0.05) is 0 Å². The molecule has 3 atom stereocenters. The van der Waals surface area contributed by atoms with Gasteiger partial charge in [-0.2, -0.15) is 0 Å². The molecular formula is C8H13FN2O. The van der Waals surface area contributed by atoms with Crippen LogP contribution in [0, 0.1) is 0 Å². The van der Waals surface area contributed by atoms with Crippen LogP contribution in [0.1, 0.15) is 19.3 Å². The maximum absolute atomic E-state index is 13.2. The first-order chi connectivity index (χ1) is 5.77. The van der Waals surface area contributed by atoms with Gasteiger partial charge < -0.3 is 10.6 Å². The number of nitrogens with one attached hydrogen (secondary N) is 2. The van der Waals surface area contributed by atoms with E-state index in [1.54, 1.807) is 0 Å². The van der Waals surface area contributed by atoms with Crippen molar-refractivity contribution in [2.24, 2.45) is 0 Å². The molecule has 1 saturated heterocycles. The predicted octanol–water partition coefficient (Wildman–Crippen LogP) is -0.0350. The number of piperazine rings is 1. The normalized spacial score (nSPS) is 41.8. The van der Waals surface area contributed by atoms with Crippen molar-refractivity contribution in [1.82, 2.24) is 10.6 Å². The Morgan fingerprint density at radius 1 is 1.42 bits per heavy atom. The van der Waals surface area contributed by atoms with Crippen molar-refractivity contribution in [3.05, 3.63) is 0 Å². The van der Waals surface area contributed by atoms with Crippen molar-refractivity contribution in [3.8, 4) is 0 Å². The van der Waals surface area contributed by atoms with Gasteiger partial charge in [-0.15, -0.1) is 0 Å². The zero-order valence-corrected chi connectivity index (χ0v) is 6.85. The maximum Gasteiger partial charge on any atom is 0.234 e. The molecule has 1 aliphatic heterocycles. The molecule has 1 saturated carbocycles. The number of rotatable bonds is 0. The molecular weight excluding hydrogens is 159 g/mol. The van der Waals surface area contributed by atoms with Gasteiger partial charge in [-0.3, -0.25) is 4.79 Å². The van der Waals surface area contributed by atoms with Crippen LogP contribution in [0.5, 0.6) is 0 Å². The summed E-state index contributed by atoms with van der Waals surface area (Å²) in [5.74, 6) is -0.0826. The molecule has 12 heavy (non-hydrogen) atoms. The highest BCUT2D eigenvalue weighted by Crippen LogP contribution is 2.23. The molecule has 3 unspecified atom stereocenters. The minimum Gasteiger partial charge on any atom is -0.348 e. The molecule has 68 valence electrons. The van der Waals surface area contributed by atoms with Crippen LogP contribution in [0.25, 0.3) is 0 Å². The third-order valence-corrected chi connectivity index (χ3v) is 2.67. The average Bonchev–Trinajstić information content (AvgIpc) is 2.07. The van der Waals surface area contributed by atoms with Crippen molar-refractivity contribution in [2.45, 2.75) is 37.5 Å². The van der Waals surface area contributed by atoms with Crippen molar-refractivity contribution in [3.63, 3.8) is 0 Å². The van der Waals surface area contributed by atoms with Gasteiger partial charge in [0.25, 0.3) is 0 Å². The molecule has 2 aliphatic rings. The van der Waals surface area contributed by atoms with Crippen LogP contribution < -0.4 is 10.6 Å². The number of carbonyl (C=O) groups excluding carboxylic acids is 1. The van der Waals surface area contributed by atoms with E-state index in [0.717, 1.165) is 12.8 Å². The van der Waals surface area contributed by atoms with E-state index in [2.05, 4.69) is 10.6 Å². The molecule has 0 aromatic carbocycles. The molecule has 4 heteroatoms. The summed E-state index contributed by atoms with van der Waals surface area (Å²) >= 11 is 0. The van der Waals surface area contributed by atoms with E-state index >= 15 is 0 Å². The molecule has 1 amide bonds. The fourth-order valence-corrected chi connectivity index (χ4v) is 2.02. The van der Waals surface area contributed by atoms with Crippen LogP contribution in [0.15, 0.2) is 0 Å². The second kappa shape index (κ2) is 3.01. The van der Waals surface area contributed by atoms with Gasteiger partial charge in [0.1, 0.15) is 6.17 Å². The molecule has 1 heterocycles. The quantitative estimate of drug-likeness (QED) is 0.538. The summed E-state index contributed by atoms with van der Waals surface area (Å²) < 4.78 is 13.2. The number of carbonyl (C=O) groups is 1. The standard InChI is InChI=1S/C8H13FN2O/c9-5-2-1-3-6-8(5)11-7(12)4-10-6/h5-6,8,10H,1-4H2,(H,11,12). The zero-order chi connectivity index (χ0) is 8.55. The lowest BCUT2D eigenvalue weighted by molar-refractivity contribution is -0.124. The minimum atomic E-state index is -0.861. The molecule has 2 N–H and O–H groups in total. The minimum absolute atomic E-state index is 0.0826. The largest absolute Gasteiger partial charge is 0.348 e. The summed E-state index contributed by atoms with van der Waals surface area (Å²) in [6, 6.07) is -0.119. The molecule has 1 aliphatic carbocycles. The first-order valence-electron chi connectivity index (χ1n) is 4.44.